The van der Waals surface area contributed by atoms with E-state index in [1.165, 1.54) is 11.8 Å². The summed E-state index contributed by atoms with van der Waals surface area (Å²) in [6.45, 7) is 8.75. The van der Waals surface area contributed by atoms with Crippen LogP contribution in [0.4, 0.5) is 11.4 Å². The molecule has 8 heteroatoms. The molecule has 0 atom stereocenters. The Morgan fingerprint density at radius 2 is 1.59 bits per heavy atom. The Labute approximate surface area is 204 Å². The highest BCUT2D eigenvalue weighted by atomic mass is 32.2. The quantitative estimate of drug-likeness (QED) is 0.427. The normalized spacial score (nSPS) is 13.6. The number of aryl methyl sites for hydroxylation is 3. The number of nitrogens with zero attached hydrogens (tertiary/aromatic N) is 4. The van der Waals surface area contributed by atoms with Crippen molar-refractivity contribution in [2.45, 2.75) is 25.9 Å². The van der Waals surface area contributed by atoms with Crippen LogP contribution in [0, 0.1) is 20.8 Å². The van der Waals surface area contributed by atoms with Crippen LogP contribution in [-0.4, -0.2) is 58.6 Å². The van der Waals surface area contributed by atoms with Crippen LogP contribution in [0.25, 0.3) is 0 Å². The van der Waals surface area contributed by atoms with Crippen LogP contribution in [0.1, 0.15) is 27.3 Å². The van der Waals surface area contributed by atoms with Gasteiger partial charge < -0.3 is 15.1 Å². The number of anilines is 2. The number of aromatic nitrogens is 2. The Balaban J connectivity index is 1.26. The van der Waals surface area contributed by atoms with Crippen molar-refractivity contribution < 1.29 is 9.59 Å². The van der Waals surface area contributed by atoms with Crippen LogP contribution in [0.5, 0.6) is 0 Å². The maximum Gasteiger partial charge on any atom is 0.253 e. The van der Waals surface area contributed by atoms with E-state index in [9.17, 15) is 9.59 Å². The molecule has 0 spiro atoms. The van der Waals surface area contributed by atoms with E-state index in [1.54, 1.807) is 0 Å². The molecular weight excluding hydrogens is 446 g/mol. The van der Waals surface area contributed by atoms with E-state index >= 15 is 0 Å². The van der Waals surface area contributed by atoms with Crippen molar-refractivity contribution in [2.24, 2.45) is 0 Å². The lowest BCUT2D eigenvalue weighted by Crippen LogP contribution is -2.48. The predicted octanol–water partition coefficient (Wildman–Crippen LogP) is 4.10. The molecule has 2 amide bonds. The van der Waals surface area contributed by atoms with Crippen molar-refractivity contribution in [3.63, 3.8) is 0 Å². The van der Waals surface area contributed by atoms with Crippen molar-refractivity contribution in [3.8, 4) is 0 Å². The number of benzene rings is 2. The summed E-state index contributed by atoms with van der Waals surface area (Å²) >= 11 is 1.33. The number of piperazine rings is 1. The number of carbonyl (C=O) groups is 2. The minimum atomic E-state index is -0.0937. The third kappa shape index (κ3) is 6.14. The molecule has 0 bridgehead atoms. The van der Waals surface area contributed by atoms with Gasteiger partial charge in [0.1, 0.15) is 0 Å². The van der Waals surface area contributed by atoms with Crippen molar-refractivity contribution in [1.29, 1.82) is 0 Å². The third-order valence-corrected chi connectivity index (χ3v) is 6.49. The summed E-state index contributed by atoms with van der Waals surface area (Å²) in [7, 11) is 0. The highest BCUT2D eigenvalue weighted by Crippen LogP contribution is 2.21. The number of amides is 2. The number of hydrogen-bond donors (Lipinski definition) is 1. The van der Waals surface area contributed by atoms with E-state index in [-0.39, 0.29) is 17.6 Å². The molecule has 0 unspecified atom stereocenters. The highest BCUT2D eigenvalue weighted by molar-refractivity contribution is 7.99. The smallest absolute Gasteiger partial charge is 0.253 e. The van der Waals surface area contributed by atoms with Gasteiger partial charge in [-0.3, -0.25) is 9.59 Å². The van der Waals surface area contributed by atoms with Crippen LogP contribution < -0.4 is 10.2 Å². The fourth-order valence-electron chi connectivity index (χ4n) is 3.97. The summed E-state index contributed by atoms with van der Waals surface area (Å²) in [5.74, 6) is 0.246. The molecule has 0 aliphatic carbocycles. The van der Waals surface area contributed by atoms with E-state index < -0.39 is 0 Å². The minimum absolute atomic E-state index is 0.0884. The largest absolute Gasteiger partial charge is 0.368 e. The molecule has 1 aromatic heterocycles. The van der Waals surface area contributed by atoms with Crippen molar-refractivity contribution in [2.75, 3.05) is 42.1 Å². The lowest BCUT2D eigenvalue weighted by Gasteiger charge is -2.36. The minimum Gasteiger partial charge on any atom is -0.368 e. The zero-order valence-electron chi connectivity index (χ0n) is 19.7. The molecule has 0 radical (unpaired) electrons. The first-order valence-corrected chi connectivity index (χ1v) is 12.3. The first kappa shape index (κ1) is 23.8. The monoisotopic (exact) mass is 475 g/mol. The Morgan fingerprint density at radius 1 is 0.912 bits per heavy atom. The van der Waals surface area contributed by atoms with Gasteiger partial charge in [0.2, 0.25) is 5.91 Å². The van der Waals surface area contributed by atoms with Crippen LogP contribution in [0.2, 0.25) is 0 Å². The van der Waals surface area contributed by atoms with Gasteiger partial charge >= 0.3 is 0 Å². The predicted molar refractivity (Wildman–Crippen MR) is 137 cm³/mol. The van der Waals surface area contributed by atoms with Crippen LogP contribution in [0.15, 0.2) is 59.8 Å². The molecule has 4 rings (SSSR count). The van der Waals surface area contributed by atoms with Gasteiger partial charge in [-0.25, -0.2) is 9.97 Å². The van der Waals surface area contributed by atoms with Gasteiger partial charge in [0.25, 0.3) is 5.91 Å². The molecule has 1 aliphatic heterocycles. The summed E-state index contributed by atoms with van der Waals surface area (Å²) < 4.78 is 0. The van der Waals surface area contributed by atoms with Gasteiger partial charge in [-0.1, -0.05) is 29.5 Å². The Hall–Kier alpha value is -3.39. The number of nitrogens with one attached hydrogen (secondary N) is 1. The van der Waals surface area contributed by atoms with Gasteiger partial charge in [0.15, 0.2) is 5.16 Å². The molecule has 1 N–H and O–H groups in total. The maximum atomic E-state index is 12.8. The second kappa shape index (κ2) is 10.7. The summed E-state index contributed by atoms with van der Waals surface area (Å²) in [6.07, 6.45) is 0. The zero-order chi connectivity index (χ0) is 24.1. The Kier molecular flexibility index (Phi) is 7.47. The van der Waals surface area contributed by atoms with E-state index in [2.05, 4.69) is 20.2 Å². The number of hydrogen-bond acceptors (Lipinski definition) is 6. The summed E-state index contributed by atoms with van der Waals surface area (Å²) in [5.41, 5.74) is 5.46. The number of carbonyl (C=O) groups excluding carboxylic acids is 2. The van der Waals surface area contributed by atoms with E-state index in [0.29, 0.717) is 18.2 Å². The first-order valence-electron chi connectivity index (χ1n) is 11.3. The number of rotatable bonds is 6. The van der Waals surface area contributed by atoms with Crippen molar-refractivity contribution in [3.05, 3.63) is 77.1 Å². The SMILES string of the molecule is Cc1cccc(C(=O)N2CCN(c3ccc(NC(=O)CSc4nc(C)cc(C)n4)cc3)CC2)c1. The van der Waals surface area contributed by atoms with E-state index in [0.717, 1.165) is 47.0 Å². The molecular formula is C26H29N5O2S. The Morgan fingerprint density at radius 3 is 2.24 bits per heavy atom. The average Bonchev–Trinajstić information content (AvgIpc) is 2.82. The van der Waals surface area contributed by atoms with Gasteiger partial charge in [-0.15, -0.1) is 0 Å². The third-order valence-electron chi connectivity index (χ3n) is 5.64. The molecule has 2 aromatic carbocycles. The van der Waals surface area contributed by atoms with Crippen LogP contribution in [-0.2, 0) is 4.79 Å². The summed E-state index contributed by atoms with van der Waals surface area (Å²) in [6, 6.07) is 17.5. The molecule has 176 valence electrons. The standard InChI is InChI=1S/C26H29N5O2S/c1-18-5-4-6-21(15-18)25(33)31-13-11-30(12-14-31)23-9-7-22(8-10-23)29-24(32)17-34-26-27-19(2)16-20(3)28-26/h4-10,15-16H,11-14,17H2,1-3H3,(H,29,32). The molecule has 2 heterocycles. The fraction of sp³-hybridized carbons (Fsp3) is 0.308. The summed E-state index contributed by atoms with van der Waals surface area (Å²) in [5, 5.41) is 3.54. The van der Waals surface area contributed by atoms with Gasteiger partial charge in [0.05, 0.1) is 5.75 Å². The van der Waals surface area contributed by atoms with Gasteiger partial charge in [-0.2, -0.15) is 0 Å². The van der Waals surface area contributed by atoms with Crippen LogP contribution in [0.3, 0.4) is 0 Å². The second-order valence-corrected chi connectivity index (χ2v) is 9.41. The topological polar surface area (TPSA) is 78.4 Å². The lowest BCUT2D eigenvalue weighted by molar-refractivity contribution is -0.113. The van der Waals surface area contributed by atoms with Crippen LogP contribution >= 0.6 is 11.8 Å². The molecule has 1 aliphatic rings. The lowest BCUT2D eigenvalue weighted by atomic mass is 10.1. The van der Waals surface area contributed by atoms with Crippen molar-refractivity contribution in [1.82, 2.24) is 14.9 Å². The first-order chi connectivity index (χ1) is 16.4. The molecule has 1 saturated heterocycles. The van der Waals surface area contributed by atoms with E-state index in [4.69, 9.17) is 0 Å². The Bertz CT molecular complexity index is 1150. The van der Waals surface area contributed by atoms with Gasteiger partial charge in [0, 0.05) is 54.5 Å². The average molecular weight is 476 g/mol. The maximum absolute atomic E-state index is 12.8. The molecule has 7 nitrogen and oxygen atoms in total. The van der Waals surface area contributed by atoms with E-state index in [1.807, 2.05) is 80.3 Å². The van der Waals surface area contributed by atoms with Gasteiger partial charge in [-0.05, 0) is 63.2 Å². The zero-order valence-corrected chi connectivity index (χ0v) is 20.6. The fourth-order valence-corrected chi connectivity index (χ4v) is 4.72. The summed E-state index contributed by atoms with van der Waals surface area (Å²) in [4.78, 5) is 38.0. The molecule has 34 heavy (non-hydrogen) atoms. The number of thioether (sulfide) groups is 1. The highest BCUT2D eigenvalue weighted by Gasteiger charge is 2.22. The molecule has 0 saturated carbocycles. The second-order valence-electron chi connectivity index (χ2n) is 8.47. The molecule has 3 aromatic rings. The van der Waals surface area contributed by atoms with Crippen molar-refractivity contribution >= 4 is 35.0 Å². The molecule has 1 fully saturated rings.